The van der Waals surface area contributed by atoms with Crippen LogP contribution in [0, 0.1) is 6.92 Å². The number of aryl methyl sites for hydroxylation is 1. The second kappa shape index (κ2) is 5.30. The van der Waals surface area contributed by atoms with Crippen LogP contribution in [0.15, 0.2) is 59.7 Å². The van der Waals surface area contributed by atoms with Gasteiger partial charge in [-0.2, -0.15) is 5.10 Å². The van der Waals surface area contributed by atoms with E-state index in [9.17, 15) is 0 Å². The molecule has 0 aliphatic heterocycles. The number of rotatable bonds is 3. The second-order valence-corrected chi connectivity index (χ2v) is 4.04. The van der Waals surface area contributed by atoms with Crippen molar-refractivity contribution in [3.8, 4) is 0 Å². The van der Waals surface area contributed by atoms with Gasteiger partial charge in [-0.1, -0.05) is 48.0 Å². The van der Waals surface area contributed by atoms with Crippen molar-refractivity contribution < 1.29 is 0 Å². The zero-order valence-electron chi connectivity index (χ0n) is 10.1. The first-order valence-corrected chi connectivity index (χ1v) is 5.68. The molecule has 0 bridgehead atoms. The number of para-hydroxylation sites is 1. The predicted octanol–water partition coefficient (Wildman–Crippen LogP) is 3.83. The molecule has 0 fully saturated rings. The molecular weight excluding hydrogens is 208 g/mol. The van der Waals surface area contributed by atoms with E-state index in [4.69, 9.17) is 0 Å². The Hall–Kier alpha value is -2.09. The average molecular weight is 224 g/mol. The summed E-state index contributed by atoms with van der Waals surface area (Å²) in [7, 11) is 0. The first-order chi connectivity index (χ1) is 8.25. The highest BCUT2D eigenvalue weighted by Crippen LogP contribution is 2.07. The molecule has 0 amide bonds. The Morgan fingerprint density at radius 1 is 0.941 bits per heavy atom. The number of anilines is 1. The van der Waals surface area contributed by atoms with E-state index < -0.39 is 0 Å². The Morgan fingerprint density at radius 3 is 2.24 bits per heavy atom. The smallest absolute Gasteiger partial charge is 0.0648 e. The normalized spacial score (nSPS) is 11.3. The minimum atomic E-state index is 0.980. The van der Waals surface area contributed by atoms with Gasteiger partial charge in [0.25, 0.3) is 0 Å². The fourth-order valence-corrected chi connectivity index (χ4v) is 1.52. The third kappa shape index (κ3) is 3.18. The molecule has 0 spiro atoms. The fraction of sp³-hybridized carbons (Fsp3) is 0.133. The number of nitrogens with zero attached hydrogens (tertiary/aromatic N) is 1. The van der Waals surface area contributed by atoms with E-state index in [0.717, 1.165) is 17.0 Å². The second-order valence-electron chi connectivity index (χ2n) is 4.04. The number of hydrogen-bond donors (Lipinski definition) is 1. The van der Waals surface area contributed by atoms with Crippen molar-refractivity contribution >= 4 is 11.4 Å². The molecule has 2 aromatic rings. The Balaban J connectivity index is 2.10. The minimum Gasteiger partial charge on any atom is -0.278 e. The summed E-state index contributed by atoms with van der Waals surface area (Å²) >= 11 is 0. The third-order valence-electron chi connectivity index (χ3n) is 2.60. The number of nitrogens with one attached hydrogen (secondary N) is 1. The molecule has 1 N–H and O–H groups in total. The number of hydrogen-bond acceptors (Lipinski definition) is 2. The van der Waals surface area contributed by atoms with Crippen LogP contribution >= 0.6 is 0 Å². The maximum Gasteiger partial charge on any atom is 0.0648 e. The van der Waals surface area contributed by atoms with Crippen LogP contribution in [0.5, 0.6) is 0 Å². The highest BCUT2D eigenvalue weighted by molar-refractivity contribution is 5.99. The van der Waals surface area contributed by atoms with Gasteiger partial charge in [-0.25, -0.2) is 0 Å². The summed E-state index contributed by atoms with van der Waals surface area (Å²) in [5.41, 5.74) is 7.42. The lowest BCUT2D eigenvalue weighted by atomic mass is 10.1. The molecule has 2 aromatic carbocycles. The Kier molecular flexibility index (Phi) is 3.55. The van der Waals surface area contributed by atoms with E-state index in [2.05, 4.69) is 41.7 Å². The van der Waals surface area contributed by atoms with Gasteiger partial charge < -0.3 is 0 Å². The highest BCUT2D eigenvalue weighted by Gasteiger charge is 1.96. The lowest BCUT2D eigenvalue weighted by Gasteiger charge is -2.03. The summed E-state index contributed by atoms with van der Waals surface area (Å²) in [6.45, 7) is 4.08. The minimum absolute atomic E-state index is 0.980. The number of benzene rings is 2. The van der Waals surface area contributed by atoms with Crippen LogP contribution in [-0.2, 0) is 0 Å². The topological polar surface area (TPSA) is 24.4 Å². The van der Waals surface area contributed by atoms with Gasteiger partial charge in [0.15, 0.2) is 0 Å². The lowest BCUT2D eigenvalue weighted by molar-refractivity contribution is 1.32. The zero-order chi connectivity index (χ0) is 12.1. The molecule has 2 heteroatoms. The predicted molar refractivity (Wildman–Crippen MR) is 73.5 cm³/mol. The van der Waals surface area contributed by atoms with Gasteiger partial charge in [-0.3, -0.25) is 5.43 Å². The van der Waals surface area contributed by atoms with E-state index in [0.29, 0.717) is 0 Å². The van der Waals surface area contributed by atoms with Crippen LogP contribution in [0.2, 0.25) is 0 Å². The van der Waals surface area contributed by atoms with Crippen LogP contribution in [0.1, 0.15) is 18.1 Å². The van der Waals surface area contributed by atoms with Gasteiger partial charge in [0.05, 0.1) is 11.4 Å². The Bertz CT molecular complexity index is 498. The molecular formula is C15H16N2. The van der Waals surface area contributed by atoms with E-state index >= 15 is 0 Å². The Morgan fingerprint density at radius 2 is 1.59 bits per heavy atom. The molecule has 86 valence electrons. The molecule has 0 atom stereocenters. The zero-order valence-corrected chi connectivity index (χ0v) is 10.1. The van der Waals surface area contributed by atoms with Crippen molar-refractivity contribution in [3.63, 3.8) is 0 Å². The first kappa shape index (κ1) is 11.4. The standard InChI is InChI=1S/C15H16N2/c1-12-8-10-14(11-9-12)13(2)16-17-15-6-4-3-5-7-15/h3-11,17H,1-2H3/b16-13-. The monoisotopic (exact) mass is 224 g/mol. The maximum atomic E-state index is 4.36. The summed E-state index contributed by atoms with van der Waals surface area (Å²) in [4.78, 5) is 0. The van der Waals surface area contributed by atoms with Gasteiger partial charge in [-0.15, -0.1) is 0 Å². The molecule has 17 heavy (non-hydrogen) atoms. The molecule has 0 aliphatic carbocycles. The molecule has 2 rings (SSSR count). The summed E-state index contributed by atoms with van der Waals surface area (Å²) in [5, 5.41) is 4.36. The molecule has 0 saturated carbocycles. The van der Waals surface area contributed by atoms with Gasteiger partial charge in [0.2, 0.25) is 0 Å². The summed E-state index contributed by atoms with van der Waals surface area (Å²) in [5.74, 6) is 0. The van der Waals surface area contributed by atoms with Gasteiger partial charge in [0.1, 0.15) is 0 Å². The average Bonchev–Trinajstić information content (AvgIpc) is 2.38. The third-order valence-corrected chi connectivity index (χ3v) is 2.60. The fourth-order valence-electron chi connectivity index (χ4n) is 1.52. The molecule has 0 unspecified atom stereocenters. The molecule has 0 aliphatic rings. The SMILES string of the molecule is C/C(=N/Nc1ccccc1)c1ccc(C)cc1. The summed E-state index contributed by atoms with van der Waals surface area (Å²) in [6, 6.07) is 18.3. The maximum absolute atomic E-state index is 4.36. The van der Waals surface area contributed by atoms with Crippen LogP contribution < -0.4 is 5.43 Å². The largest absolute Gasteiger partial charge is 0.278 e. The van der Waals surface area contributed by atoms with Crippen LogP contribution in [0.3, 0.4) is 0 Å². The van der Waals surface area contributed by atoms with Gasteiger partial charge >= 0.3 is 0 Å². The number of hydrazone groups is 1. The summed E-state index contributed by atoms with van der Waals surface area (Å²) < 4.78 is 0. The van der Waals surface area contributed by atoms with E-state index in [1.807, 2.05) is 37.3 Å². The van der Waals surface area contributed by atoms with Crippen molar-refractivity contribution in [3.05, 3.63) is 65.7 Å². The van der Waals surface area contributed by atoms with E-state index in [1.54, 1.807) is 0 Å². The lowest BCUT2D eigenvalue weighted by Crippen LogP contribution is -1.99. The van der Waals surface area contributed by atoms with Gasteiger partial charge in [-0.05, 0) is 31.5 Å². The van der Waals surface area contributed by atoms with Crippen LogP contribution in [-0.4, -0.2) is 5.71 Å². The van der Waals surface area contributed by atoms with Crippen molar-refractivity contribution in [2.75, 3.05) is 5.43 Å². The molecule has 0 heterocycles. The quantitative estimate of drug-likeness (QED) is 0.622. The van der Waals surface area contributed by atoms with E-state index in [1.165, 1.54) is 5.56 Å². The first-order valence-electron chi connectivity index (χ1n) is 5.68. The van der Waals surface area contributed by atoms with Crippen molar-refractivity contribution in [1.82, 2.24) is 0 Å². The van der Waals surface area contributed by atoms with Crippen LogP contribution in [0.25, 0.3) is 0 Å². The highest BCUT2D eigenvalue weighted by atomic mass is 15.3. The van der Waals surface area contributed by atoms with Crippen LogP contribution in [0.4, 0.5) is 5.69 Å². The van der Waals surface area contributed by atoms with Crippen molar-refractivity contribution in [1.29, 1.82) is 0 Å². The molecule has 0 aromatic heterocycles. The summed E-state index contributed by atoms with van der Waals surface area (Å²) in [6.07, 6.45) is 0. The van der Waals surface area contributed by atoms with E-state index in [-0.39, 0.29) is 0 Å². The molecule has 2 nitrogen and oxygen atoms in total. The molecule has 0 radical (unpaired) electrons. The molecule has 0 saturated heterocycles. The van der Waals surface area contributed by atoms with Crippen molar-refractivity contribution in [2.24, 2.45) is 5.10 Å². The van der Waals surface area contributed by atoms with Gasteiger partial charge in [0, 0.05) is 0 Å². The Labute approximate surface area is 102 Å². The van der Waals surface area contributed by atoms with Crippen molar-refractivity contribution in [2.45, 2.75) is 13.8 Å².